The zero-order valence-corrected chi connectivity index (χ0v) is 6.22. The average molecular weight is 143 g/mol. The molecular weight excluding hydrogens is 130 g/mol. The van der Waals surface area contributed by atoms with Gasteiger partial charge in [-0.15, -0.1) is 0 Å². The third-order valence-electron chi connectivity index (χ3n) is 0.972. The highest BCUT2D eigenvalue weighted by Crippen LogP contribution is 1.82. The first-order valence-electron chi connectivity index (χ1n) is 3.37. The maximum atomic E-state index is 10.4. The van der Waals surface area contributed by atoms with Crippen molar-refractivity contribution in [3.05, 3.63) is 12.7 Å². The molecule has 0 unspecified atom stereocenters. The van der Waals surface area contributed by atoms with E-state index in [1.807, 2.05) is 0 Å². The second-order valence-electron chi connectivity index (χ2n) is 1.87. The summed E-state index contributed by atoms with van der Waals surface area (Å²) >= 11 is 0. The summed E-state index contributed by atoms with van der Waals surface area (Å²) < 4.78 is 0. The Kier molecular flexibility index (Phi) is 5.77. The monoisotopic (exact) mass is 143 g/mol. The highest BCUT2D eigenvalue weighted by Gasteiger charge is 1.91. The van der Waals surface area contributed by atoms with Crippen molar-refractivity contribution in [3.8, 4) is 0 Å². The van der Waals surface area contributed by atoms with Crippen molar-refractivity contribution in [1.29, 1.82) is 0 Å². The molecule has 0 bridgehead atoms. The molecule has 0 aliphatic heterocycles. The number of rotatable bonds is 5. The smallest absolute Gasteiger partial charge is 0.348 e. The second-order valence-corrected chi connectivity index (χ2v) is 1.87. The van der Waals surface area contributed by atoms with Crippen molar-refractivity contribution in [1.82, 2.24) is 5.48 Å². The van der Waals surface area contributed by atoms with Crippen molar-refractivity contribution in [3.63, 3.8) is 0 Å². The van der Waals surface area contributed by atoms with E-state index in [0.29, 0.717) is 6.54 Å². The van der Waals surface area contributed by atoms with Gasteiger partial charge in [-0.25, -0.2) is 4.79 Å². The summed E-state index contributed by atoms with van der Waals surface area (Å²) in [6.45, 7) is 6.02. The van der Waals surface area contributed by atoms with E-state index in [4.69, 9.17) is 0 Å². The van der Waals surface area contributed by atoms with E-state index in [2.05, 4.69) is 23.8 Å². The summed E-state index contributed by atoms with van der Waals surface area (Å²) in [6, 6.07) is 0. The Morgan fingerprint density at radius 1 is 1.80 bits per heavy atom. The van der Waals surface area contributed by atoms with Crippen LogP contribution in [0.2, 0.25) is 0 Å². The van der Waals surface area contributed by atoms with E-state index in [1.54, 1.807) is 0 Å². The minimum atomic E-state index is -0.434. The van der Waals surface area contributed by atoms with Gasteiger partial charge in [-0.05, 0) is 6.42 Å². The first kappa shape index (κ1) is 9.17. The van der Waals surface area contributed by atoms with Gasteiger partial charge in [0.2, 0.25) is 0 Å². The lowest BCUT2D eigenvalue weighted by Gasteiger charge is -2.00. The molecule has 0 fully saturated rings. The second kappa shape index (κ2) is 6.29. The minimum absolute atomic E-state index is 0.434. The standard InChI is InChI=1S/C7H13NO2/c1-3-5-6-8-10-7(9)4-2/h4,8H,2-3,5-6H2,1H3. The number of hydrogen-bond acceptors (Lipinski definition) is 3. The van der Waals surface area contributed by atoms with Crippen LogP contribution < -0.4 is 5.48 Å². The molecule has 3 nitrogen and oxygen atoms in total. The predicted molar refractivity (Wildman–Crippen MR) is 39.2 cm³/mol. The van der Waals surface area contributed by atoms with Gasteiger partial charge in [0.05, 0.1) is 0 Å². The van der Waals surface area contributed by atoms with Crippen LogP contribution in [0.5, 0.6) is 0 Å². The summed E-state index contributed by atoms with van der Waals surface area (Å²) in [5, 5.41) is 0. The van der Waals surface area contributed by atoms with E-state index < -0.39 is 5.97 Å². The summed E-state index contributed by atoms with van der Waals surface area (Å²) in [4.78, 5) is 14.9. The zero-order valence-electron chi connectivity index (χ0n) is 6.22. The Bertz CT molecular complexity index is 112. The fourth-order valence-electron chi connectivity index (χ4n) is 0.413. The Hall–Kier alpha value is -0.830. The van der Waals surface area contributed by atoms with Crippen LogP contribution in [0.4, 0.5) is 0 Å². The summed E-state index contributed by atoms with van der Waals surface area (Å²) in [6.07, 6.45) is 3.21. The van der Waals surface area contributed by atoms with Crippen LogP contribution in [0.25, 0.3) is 0 Å². The number of carbonyl (C=O) groups excluding carboxylic acids is 1. The van der Waals surface area contributed by atoms with Crippen LogP contribution in [0.1, 0.15) is 19.8 Å². The Balaban J connectivity index is 3.03. The van der Waals surface area contributed by atoms with Crippen molar-refractivity contribution < 1.29 is 9.63 Å². The molecule has 3 heteroatoms. The molecule has 0 spiro atoms. The minimum Gasteiger partial charge on any atom is -0.367 e. The number of carbonyl (C=O) groups is 1. The molecular formula is C7H13NO2. The molecule has 0 amide bonds. The number of nitrogens with one attached hydrogen (secondary N) is 1. The Morgan fingerprint density at radius 2 is 2.50 bits per heavy atom. The third-order valence-corrected chi connectivity index (χ3v) is 0.972. The maximum Gasteiger partial charge on any atom is 0.348 e. The van der Waals surface area contributed by atoms with Gasteiger partial charge in [0.1, 0.15) is 0 Å². The molecule has 0 radical (unpaired) electrons. The SMILES string of the molecule is C=CC(=O)ONCCCC. The van der Waals surface area contributed by atoms with Gasteiger partial charge in [0.25, 0.3) is 0 Å². The topological polar surface area (TPSA) is 38.3 Å². The molecule has 0 aromatic rings. The lowest BCUT2D eigenvalue weighted by Crippen LogP contribution is -2.19. The molecule has 0 aliphatic rings. The van der Waals surface area contributed by atoms with Gasteiger partial charge in [0.15, 0.2) is 0 Å². The quantitative estimate of drug-likeness (QED) is 0.355. The zero-order chi connectivity index (χ0) is 7.82. The summed E-state index contributed by atoms with van der Waals surface area (Å²) in [7, 11) is 0. The summed E-state index contributed by atoms with van der Waals surface area (Å²) in [5.74, 6) is -0.434. The maximum absolute atomic E-state index is 10.4. The fourth-order valence-corrected chi connectivity index (χ4v) is 0.413. The summed E-state index contributed by atoms with van der Waals surface area (Å²) in [5.41, 5.74) is 2.52. The van der Waals surface area contributed by atoms with Gasteiger partial charge >= 0.3 is 5.97 Å². The van der Waals surface area contributed by atoms with Crippen molar-refractivity contribution in [2.24, 2.45) is 0 Å². The largest absolute Gasteiger partial charge is 0.367 e. The third kappa shape index (κ3) is 5.31. The molecule has 0 atom stereocenters. The first-order chi connectivity index (χ1) is 4.81. The van der Waals surface area contributed by atoms with E-state index >= 15 is 0 Å². The molecule has 0 aliphatic carbocycles. The lowest BCUT2D eigenvalue weighted by molar-refractivity contribution is -0.144. The number of hydrogen-bond donors (Lipinski definition) is 1. The highest BCUT2D eigenvalue weighted by atomic mass is 16.7. The van der Waals surface area contributed by atoms with Crippen LogP contribution in [-0.2, 0) is 9.63 Å². The van der Waals surface area contributed by atoms with E-state index in [-0.39, 0.29) is 0 Å². The molecule has 1 N–H and O–H groups in total. The number of unbranched alkanes of at least 4 members (excludes halogenated alkanes) is 1. The van der Waals surface area contributed by atoms with E-state index in [0.717, 1.165) is 18.9 Å². The molecule has 0 saturated carbocycles. The van der Waals surface area contributed by atoms with Crippen molar-refractivity contribution in [2.45, 2.75) is 19.8 Å². The van der Waals surface area contributed by atoms with Crippen LogP contribution in [-0.4, -0.2) is 12.5 Å². The first-order valence-corrected chi connectivity index (χ1v) is 3.37. The molecule has 0 saturated heterocycles. The predicted octanol–water partition coefficient (Wildman–Crippen LogP) is 1.02. The lowest BCUT2D eigenvalue weighted by atomic mass is 10.3. The van der Waals surface area contributed by atoms with E-state index in [1.165, 1.54) is 0 Å². The molecule has 10 heavy (non-hydrogen) atoms. The Morgan fingerprint density at radius 3 is 3.00 bits per heavy atom. The Labute approximate surface area is 61.0 Å². The van der Waals surface area contributed by atoms with E-state index in [9.17, 15) is 4.79 Å². The van der Waals surface area contributed by atoms with Gasteiger partial charge in [-0.1, -0.05) is 19.9 Å². The molecule has 0 aromatic carbocycles. The van der Waals surface area contributed by atoms with Gasteiger partial charge < -0.3 is 4.84 Å². The van der Waals surface area contributed by atoms with Crippen LogP contribution in [0.15, 0.2) is 12.7 Å². The van der Waals surface area contributed by atoms with Crippen LogP contribution >= 0.6 is 0 Å². The molecule has 0 heterocycles. The normalized spacial score (nSPS) is 8.90. The van der Waals surface area contributed by atoms with Gasteiger partial charge in [-0.2, -0.15) is 5.48 Å². The average Bonchev–Trinajstić information content (AvgIpc) is 1.98. The van der Waals surface area contributed by atoms with Crippen molar-refractivity contribution >= 4 is 5.97 Å². The van der Waals surface area contributed by atoms with Crippen molar-refractivity contribution in [2.75, 3.05) is 6.54 Å². The van der Waals surface area contributed by atoms with Crippen LogP contribution in [0, 0.1) is 0 Å². The highest BCUT2D eigenvalue weighted by molar-refractivity contribution is 5.80. The molecule has 0 rings (SSSR count). The van der Waals surface area contributed by atoms with Crippen LogP contribution in [0.3, 0.4) is 0 Å². The number of hydroxylamine groups is 1. The van der Waals surface area contributed by atoms with Gasteiger partial charge in [-0.3, -0.25) is 0 Å². The van der Waals surface area contributed by atoms with Gasteiger partial charge in [0, 0.05) is 12.6 Å². The molecule has 0 aromatic heterocycles. The fraction of sp³-hybridized carbons (Fsp3) is 0.571. The molecule has 58 valence electrons.